The Labute approximate surface area is 152 Å². The molecule has 2 heterocycles. The van der Waals surface area contributed by atoms with Crippen LogP contribution in [0.4, 0.5) is 0 Å². The van der Waals surface area contributed by atoms with Gasteiger partial charge < -0.3 is 9.47 Å². The van der Waals surface area contributed by atoms with Crippen molar-refractivity contribution < 1.29 is 28.7 Å². The van der Waals surface area contributed by atoms with Crippen LogP contribution in [0, 0.1) is 39.9 Å². The van der Waals surface area contributed by atoms with Gasteiger partial charge in [-0.3, -0.25) is 19.2 Å². The number of hydrogen-bond acceptors (Lipinski definition) is 6. The summed E-state index contributed by atoms with van der Waals surface area (Å²) in [4.78, 5) is 51.8. The molecule has 0 aromatic carbocycles. The van der Waals surface area contributed by atoms with Crippen molar-refractivity contribution in [3.8, 4) is 0 Å². The van der Waals surface area contributed by atoms with Crippen LogP contribution in [-0.4, -0.2) is 36.2 Å². The zero-order chi connectivity index (χ0) is 18.6. The molecular formula is C20H24O6. The van der Waals surface area contributed by atoms with E-state index >= 15 is 0 Å². The molecule has 26 heavy (non-hydrogen) atoms. The summed E-state index contributed by atoms with van der Waals surface area (Å²) >= 11 is 0. The molecule has 0 amide bonds. The number of cyclic esters (lactones) is 1. The second-order valence-electron chi connectivity index (χ2n) is 9.61. The first-order valence-corrected chi connectivity index (χ1v) is 9.62. The minimum Gasteiger partial charge on any atom is -0.465 e. The fourth-order valence-corrected chi connectivity index (χ4v) is 7.18. The predicted molar refractivity (Wildman–Crippen MR) is 87.6 cm³/mol. The standard InChI is InChI=1S/C20H24O6/c1-9-10-4-5-11-19(7-10,15(9)22)17(24)26-13-6-12(21)18(2,3)14-16(23)25-8-20(11,13)14/h9-11,13-14H,4-8H2,1-3H3. The molecule has 3 aliphatic carbocycles. The van der Waals surface area contributed by atoms with Crippen LogP contribution in [0.25, 0.3) is 0 Å². The molecule has 3 saturated carbocycles. The Morgan fingerprint density at radius 1 is 1.08 bits per heavy atom. The lowest BCUT2D eigenvalue weighted by atomic mass is 9.44. The summed E-state index contributed by atoms with van der Waals surface area (Å²) in [7, 11) is 0. The molecule has 5 fully saturated rings. The van der Waals surface area contributed by atoms with Crippen LogP contribution in [0.5, 0.6) is 0 Å². The third-order valence-corrected chi connectivity index (χ3v) is 8.48. The molecule has 140 valence electrons. The van der Waals surface area contributed by atoms with Gasteiger partial charge in [-0.05, 0) is 31.1 Å². The molecule has 7 unspecified atom stereocenters. The highest BCUT2D eigenvalue weighted by Gasteiger charge is 2.79. The van der Waals surface area contributed by atoms with E-state index in [1.807, 2.05) is 6.92 Å². The van der Waals surface area contributed by atoms with Gasteiger partial charge in [-0.2, -0.15) is 0 Å². The molecule has 0 aromatic rings. The largest absolute Gasteiger partial charge is 0.465 e. The van der Waals surface area contributed by atoms with E-state index in [1.54, 1.807) is 13.8 Å². The van der Waals surface area contributed by atoms with Crippen molar-refractivity contribution in [3.05, 3.63) is 0 Å². The van der Waals surface area contributed by atoms with Gasteiger partial charge in [0.25, 0.3) is 0 Å². The van der Waals surface area contributed by atoms with Crippen LogP contribution in [0.3, 0.4) is 0 Å². The number of esters is 2. The van der Waals surface area contributed by atoms with Crippen LogP contribution in [0.2, 0.25) is 0 Å². The van der Waals surface area contributed by atoms with E-state index in [4.69, 9.17) is 9.47 Å². The van der Waals surface area contributed by atoms with Crippen LogP contribution in [-0.2, 0) is 28.7 Å². The van der Waals surface area contributed by atoms with Crippen molar-refractivity contribution in [3.63, 3.8) is 0 Å². The van der Waals surface area contributed by atoms with E-state index in [0.29, 0.717) is 12.8 Å². The maximum atomic E-state index is 13.2. The van der Waals surface area contributed by atoms with Gasteiger partial charge in [0, 0.05) is 17.8 Å². The van der Waals surface area contributed by atoms with Crippen molar-refractivity contribution in [1.29, 1.82) is 0 Å². The molecule has 5 aliphatic rings. The van der Waals surface area contributed by atoms with E-state index in [9.17, 15) is 19.2 Å². The molecule has 0 aromatic heterocycles. The molecule has 2 bridgehead atoms. The van der Waals surface area contributed by atoms with Crippen molar-refractivity contribution in [2.75, 3.05) is 6.61 Å². The molecule has 6 heteroatoms. The van der Waals surface area contributed by atoms with Gasteiger partial charge in [0.2, 0.25) is 0 Å². The number of ketones is 2. The minimum atomic E-state index is -1.15. The average molecular weight is 360 g/mol. The summed E-state index contributed by atoms with van der Waals surface area (Å²) in [6.45, 7) is 5.63. The van der Waals surface area contributed by atoms with Gasteiger partial charge in [0.1, 0.15) is 23.9 Å². The number of carbonyl (C=O) groups excluding carboxylic acids is 4. The quantitative estimate of drug-likeness (QED) is 0.483. The average Bonchev–Trinajstić information content (AvgIpc) is 3.03. The van der Waals surface area contributed by atoms with Crippen LogP contribution in [0.15, 0.2) is 0 Å². The van der Waals surface area contributed by atoms with Crippen LogP contribution in [0.1, 0.15) is 46.5 Å². The number of fused-ring (bicyclic) bond motifs is 1. The van der Waals surface area contributed by atoms with E-state index < -0.39 is 34.2 Å². The number of carbonyl (C=O) groups is 4. The number of hydrogen-bond donors (Lipinski definition) is 0. The maximum Gasteiger partial charge on any atom is 0.320 e. The first-order valence-electron chi connectivity index (χ1n) is 9.62. The van der Waals surface area contributed by atoms with Gasteiger partial charge in [0.15, 0.2) is 5.78 Å². The van der Waals surface area contributed by atoms with E-state index in [2.05, 4.69) is 0 Å². The smallest absolute Gasteiger partial charge is 0.320 e. The highest BCUT2D eigenvalue weighted by molar-refractivity contribution is 6.08. The topological polar surface area (TPSA) is 86.7 Å². The molecular weight excluding hydrogens is 336 g/mol. The molecule has 7 atom stereocenters. The van der Waals surface area contributed by atoms with Crippen LogP contribution < -0.4 is 0 Å². The third kappa shape index (κ3) is 1.49. The maximum absolute atomic E-state index is 13.2. The summed E-state index contributed by atoms with van der Waals surface area (Å²) < 4.78 is 11.3. The van der Waals surface area contributed by atoms with Gasteiger partial charge in [-0.1, -0.05) is 20.8 Å². The molecule has 6 nitrogen and oxygen atoms in total. The van der Waals surface area contributed by atoms with Crippen molar-refractivity contribution in [2.45, 2.75) is 52.6 Å². The predicted octanol–water partition coefficient (Wildman–Crippen LogP) is 1.69. The summed E-state index contributed by atoms with van der Waals surface area (Å²) in [6, 6.07) is 0. The Morgan fingerprint density at radius 3 is 2.54 bits per heavy atom. The lowest BCUT2D eigenvalue weighted by molar-refractivity contribution is -0.228. The zero-order valence-electron chi connectivity index (χ0n) is 15.4. The second kappa shape index (κ2) is 4.57. The summed E-state index contributed by atoms with van der Waals surface area (Å²) in [5.74, 6) is -1.86. The summed E-state index contributed by atoms with van der Waals surface area (Å²) in [5.41, 5.74) is -2.78. The first-order chi connectivity index (χ1) is 12.2. The summed E-state index contributed by atoms with van der Waals surface area (Å²) in [6.07, 6.45) is 1.54. The molecule has 2 aliphatic heterocycles. The fourth-order valence-electron chi connectivity index (χ4n) is 7.18. The lowest BCUT2D eigenvalue weighted by Crippen LogP contribution is -2.69. The molecule has 2 spiro atoms. The molecule has 0 N–H and O–H groups in total. The highest BCUT2D eigenvalue weighted by Crippen LogP contribution is 2.70. The van der Waals surface area contributed by atoms with E-state index in [0.717, 1.165) is 6.42 Å². The Morgan fingerprint density at radius 2 is 1.81 bits per heavy atom. The van der Waals surface area contributed by atoms with Crippen molar-refractivity contribution in [1.82, 2.24) is 0 Å². The molecule has 5 rings (SSSR count). The van der Waals surface area contributed by atoms with Crippen molar-refractivity contribution in [2.24, 2.45) is 39.9 Å². The molecule has 2 saturated heterocycles. The monoisotopic (exact) mass is 360 g/mol. The first kappa shape index (κ1) is 16.5. The second-order valence-corrected chi connectivity index (χ2v) is 9.61. The van der Waals surface area contributed by atoms with Gasteiger partial charge in [-0.25, -0.2) is 0 Å². The van der Waals surface area contributed by atoms with Gasteiger partial charge >= 0.3 is 11.9 Å². The van der Waals surface area contributed by atoms with Gasteiger partial charge in [-0.15, -0.1) is 0 Å². The van der Waals surface area contributed by atoms with E-state index in [-0.39, 0.29) is 48.3 Å². The lowest BCUT2D eigenvalue weighted by Gasteiger charge is -2.59. The number of rotatable bonds is 0. The van der Waals surface area contributed by atoms with Crippen LogP contribution >= 0.6 is 0 Å². The Balaban J connectivity index is 1.73. The Bertz CT molecular complexity index is 768. The van der Waals surface area contributed by atoms with Crippen molar-refractivity contribution >= 4 is 23.5 Å². The zero-order valence-corrected chi connectivity index (χ0v) is 15.4. The van der Waals surface area contributed by atoms with Gasteiger partial charge in [0.05, 0.1) is 11.3 Å². The number of Topliss-reactive ketones (excluding diaryl/α,β-unsaturated/α-hetero) is 2. The Kier molecular flexibility index (Phi) is 2.89. The SMILES string of the molecule is CC1C(=O)C23CC1CCC2C12COC(=O)C1C(C)(C)C(=O)CC2OC3=O. The normalized spacial score (nSPS) is 51.3. The fraction of sp³-hybridized carbons (Fsp3) is 0.800. The van der Waals surface area contributed by atoms with E-state index in [1.165, 1.54) is 0 Å². The highest BCUT2D eigenvalue weighted by atomic mass is 16.6. The Hall–Kier alpha value is -1.72. The summed E-state index contributed by atoms with van der Waals surface area (Å²) in [5, 5.41) is 0. The molecule has 0 radical (unpaired) electrons. The number of ether oxygens (including phenoxy) is 2. The minimum absolute atomic E-state index is 0.0318. The third-order valence-electron chi connectivity index (χ3n) is 8.48.